The highest BCUT2D eigenvalue weighted by Crippen LogP contribution is 2.32. The number of amides is 2. The van der Waals surface area contributed by atoms with E-state index in [0.29, 0.717) is 46.7 Å². The average Bonchev–Trinajstić information content (AvgIpc) is 3.28. The number of aromatic nitrogens is 3. The van der Waals surface area contributed by atoms with Crippen molar-refractivity contribution in [3.63, 3.8) is 0 Å². The molecular formula is C29H30F3N7O2S. The third-order valence-electron chi connectivity index (χ3n) is 7.08. The van der Waals surface area contributed by atoms with Crippen molar-refractivity contribution in [3.8, 4) is 11.3 Å². The number of imide groups is 1. The molecule has 2 saturated heterocycles. The fourth-order valence-electron chi connectivity index (χ4n) is 4.83. The molecule has 220 valence electrons. The van der Waals surface area contributed by atoms with Crippen LogP contribution in [0.25, 0.3) is 17.3 Å². The minimum Gasteiger partial charge on any atom is -0.378 e. The summed E-state index contributed by atoms with van der Waals surface area (Å²) in [7, 11) is 3.75. The lowest BCUT2D eigenvalue weighted by atomic mass is 9.97. The van der Waals surface area contributed by atoms with Crippen molar-refractivity contribution in [2.24, 2.45) is 5.92 Å². The summed E-state index contributed by atoms with van der Waals surface area (Å²) < 4.78 is 41.0. The topological polar surface area (TPSA) is 103 Å². The van der Waals surface area contributed by atoms with Crippen LogP contribution in [0.2, 0.25) is 0 Å². The first kappa shape index (κ1) is 29.5. The van der Waals surface area contributed by atoms with Gasteiger partial charge in [-0.2, -0.15) is 13.2 Å². The number of halogens is 3. The van der Waals surface area contributed by atoms with Crippen LogP contribution in [-0.2, 0) is 17.5 Å². The Morgan fingerprint density at radius 2 is 1.90 bits per heavy atom. The Balaban J connectivity index is 1.19. The minimum absolute atomic E-state index is 0.287. The fraction of sp³-hybridized carbons (Fsp3) is 0.345. The first-order valence-electron chi connectivity index (χ1n) is 13.4. The van der Waals surface area contributed by atoms with Gasteiger partial charge >= 0.3 is 6.18 Å². The second-order valence-corrected chi connectivity index (χ2v) is 11.4. The van der Waals surface area contributed by atoms with Crippen molar-refractivity contribution in [2.75, 3.05) is 43.5 Å². The summed E-state index contributed by atoms with van der Waals surface area (Å²) in [5, 5.41) is 5.16. The predicted molar refractivity (Wildman–Crippen MR) is 157 cm³/mol. The van der Waals surface area contributed by atoms with Crippen molar-refractivity contribution < 1.29 is 22.8 Å². The van der Waals surface area contributed by atoms with Crippen LogP contribution in [0, 0.1) is 5.92 Å². The first-order valence-corrected chi connectivity index (χ1v) is 14.3. The molecule has 9 nitrogen and oxygen atoms in total. The zero-order chi connectivity index (χ0) is 29.9. The number of rotatable bonds is 8. The molecule has 2 aromatic heterocycles. The van der Waals surface area contributed by atoms with Gasteiger partial charge in [-0.3, -0.25) is 14.9 Å². The third-order valence-corrected chi connectivity index (χ3v) is 7.89. The Morgan fingerprint density at radius 3 is 2.60 bits per heavy atom. The molecule has 0 bridgehead atoms. The van der Waals surface area contributed by atoms with Gasteiger partial charge in [0, 0.05) is 51.2 Å². The smallest absolute Gasteiger partial charge is 0.378 e. The first-order chi connectivity index (χ1) is 20.0. The molecule has 2 aliphatic rings. The highest BCUT2D eigenvalue weighted by molar-refractivity contribution is 8.18. The molecule has 1 aromatic carbocycles. The van der Waals surface area contributed by atoms with Crippen molar-refractivity contribution >= 4 is 40.6 Å². The van der Waals surface area contributed by atoms with Gasteiger partial charge in [0.25, 0.3) is 11.1 Å². The molecule has 3 aromatic rings. The number of carbonyl (C=O) groups is 2. The molecule has 0 atom stereocenters. The number of carbonyl (C=O) groups excluding carboxylic acids is 2. The summed E-state index contributed by atoms with van der Waals surface area (Å²) in [5.41, 5.74) is 1.95. The molecule has 0 unspecified atom stereocenters. The van der Waals surface area contributed by atoms with Crippen LogP contribution in [0.5, 0.6) is 0 Å². The number of pyridine rings is 1. The minimum atomic E-state index is -4.55. The molecule has 2 amide bonds. The van der Waals surface area contributed by atoms with Crippen LogP contribution >= 0.6 is 11.8 Å². The largest absolute Gasteiger partial charge is 0.433 e. The molecule has 2 N–H and O–H groups in total. The maximum atomic E-state index is 13.7. The molecule has 2 aliphatic heterocycles. The van der Waals surface area contributed by atoms with Gasteiger partial charge in [-0.05, 0) is 79.0 Å². The number of hydrogen-bond donors (Lipinski definition) is 2. The summed E-state index contributed by atoms with van der Waals surface area (Å²) in [5.74, 6) is 0.457. The maximum Gasteiger partial charge on any atom is 0.433 e. The Labute approximate surface area is 245 Å². The number of alkyl halides is 3. The molecule has 0 aliphatic carbocycles. The third kappa shape index (κ3) is 7.26. The molecule has 42 heavy (non-hydrogen) atoms. The van der Waals surface area contributed by atoms with Crippen LogP contribution in [0.4, 0.5) is 29.6 Å². The summed E-state index contributed by atoms with van der Waals surface area (Å²) >= 11 is 0.839. The second kappa shape index (κ2) is 12.5. The highest BCUT2D eigenvalue weighted by Gasteiger charge is 2.33. The Bertz CT molecular complexity index is 1500. The highest BCUT2D eigenvalue weighted by atomic mass is 32.2. The molecule has 2 fully saturated rings. The Hall–Kier alpha value is -3.97. The molecular weight excluding hydrogens is 567 g/mol. The van der Waals surface area contributed by atoms with E-state index in [4.69, 9.17) is 0 Å². The van der Waals surface area contributed by atoms with E-state index in [-0.39, 0.29) is 5.69 Å². The molecule has 0 radical (unpaired) electrons. The zero-order valence-corrected chi connectivity index (χ0v) is 23.9. The van der Waals surface area contributed by atoms with Gasteiger partial charge in [0.2, 0.25) is 5.95 Å². The Kier molecular flexibility index (Phi) is 8.78. The standard InChI is InChI=1S/C29H30F3N7O2S/c1-38(2)22-5-3-4-20(14-22)23-12-19(13-25(36-23)29(30,31)32)17-33-16-18-7-10-39(11-8-18)27-34-9-6-21(35-27)15-24-26(40)37-28(41)42-24/h3-6,9,12-15,18,33H,7-8,10-11,16-17H2,1-2H3,(H,37,40,41)/b24-15-. The van der Waals surface area contributed by atoms with Crippen LogP contribution in [0.15, 0.2) is 53.6 Å². The Morgan fingerprint density at radius 1 is 1.12 bits per heavy atom. The van der Waals surface area contributed by atoms with Crippen LogP contribution in [-0.4, -0.2) is 59.8 Å². The molecule has 0 spiro atoms. The van der Waals surface area contributed by atoms with Crippen LogP contribution in [0.3, 0.4) is 0 Å². The van der Waals surface area contributed by atoms with Crippen molar-refractivity contribution in [3.05, 3.63) is 70.5 Å². The van der Waals surface area contributed by atoms with Crippen molar-refractivity contribution in [1.82, 2.24) is 25.6 Å². The lowest BCUT2D eigenvalue weighted by molar-refractivity contribution is -0.141. The van der Waals surface area contributed by atoms with Gasteiger partial charge in [0.15, 0.2) is 0 Å². The van der Waals surface area contributed by atoms with Crippen LogP contribution < -0.4 is 20.4 Å². The number of thioether (sulfide) groups is 1. The number of hydrogen-bond acceptors (Lipinski definition) is 9. The van der Waals surface area contributed by atoms with E-state index in [1.165, 1.54) is 0 Å². The quantitative estimate of drug-likeness (QED) is 0.349. The molecule has 13 heteroatoms. The second-order valence-electron chi connectivity index (χ2n) is 10.4. The average molecular weight is 598 g/mol. The summed E-state index contributed by atoms with van der Waals surface area (Å²) in [6.07, 6.45) is 0.367. The lowest BCUT2D eigenvalue weighted by Crippen LogP contribution is -2.38. The van der Waals surface area contributed by atoms with Gasteiger partial charge in [-0.1, -0.05) is 12.1 Å². The van der Waals surface area contributed by atoms with Gasteiger partial charge < -0.3 is 15.1 Å². The van der Waals surface area contributed by atoms with E-state index in [0.717, 1.165) is 49.4 Å². The van der Waals surface area contributed by atoms with Gasteiger partial charge in [-0.15, -0.1) is 0 Å². The van der Waals surface area contributed by atoms with Gasteiger partial charge in [0.1, 0.15) is 5.69 Å². The van der Waals surface area contributed by atoms with Crippen molar-refractivity contribution in [2.45, 2.75) is 25.6 Å². The number of benzene rings is 1. The van der Waals surface area contributed by atoms with E-state index in [1.54, 1.807) is 30.5 Å². The molecule has 0 saturated carbocycles. The maximum absolute atomic E-state index is 13.7. The van der Waals surface area contributed by atoms with E-state index in [2.05, 4.69) is 30.5 Å². The monoisotopic (exact) mass is 597 g/mol. The summed E-state index contributed by atoms with van der Waals surface area (Å²) in [4.78, 5) is 40.3. The number of anilines is 2. The number of piperidine rings is 1. The van der Waals surface area contributed by atoms with E-state index >= 15 is 0 Å². The SMILES string of the molecule is CN(C)c1cccc(-c2cc(CNCC3CCN(c4nccc(/C=C5\SC(=O)NC5=O)n4)CC3)cc(C(F)(F)F)n2)c1. The predicted octanol–water partition coefficient (Wildman–Crippen LogP) is 4.95. The normalized spacial score (nSPS) is 17.2. The number of nitrogens with one attached hydrogen (secondary N) is 2. The van der Waals surface area contributed by atoms with Crippen molar-refractivity contribution in [1.29, 1.82) is 0 Å². The van der Waals surface area contributed by atoms with Crippen LogP contribution in [0.1, 0.15) is 29.8 Å². The molecule has 5 rings (SSSR count). The van der Waals surface area contributed by atoms with Gasteiger partial charge in [0.05, 0.1) is 16.3 Å². The van der Waals surface area contributed by atoms with E-state index < -0.39 is 23.0 Å². The summed E-state index contributed by atoms with van der Waals surface area (Å²) in [6, 6.07) is 11.8. The van der Waals surface area contributed by atoms with E-state index in [1.807, 2.05) is 37.2 Å². The molecule has 4 heterocycles. The summed E-state index contributed by atoms with van der Waals surface area (Å²) in [6.45, 7) is 2.40. The zero-order valence-electron chi connectivity index (χ0n) is 23.1. The fourth-order valence-corrected chi connectivity index (χ4v) is 5.50. The number of nitrogens with zero attached hydrogens (tertiary/aromatic N) is 5. The van der Waals surface area contributed by atoms with E-state index in [9.17, 15) is 22.8 Å². The van der Waals surface area contributed by atoms with Gasteiger partial charge in [-0.25, -0.2) is 15.0 Å². The lowest BCUT2D eigenvalue weighted by Gasteiger charge is -2.32.